The van der Waals surface area contributed by atoms with E-state index in [9.17, 15) is 4.79 Å². The van der Waals surface area contributed by atoms with Gasteiger partial charge in [-0.3, -0.25) is 4.79 Å². The van der Waals surface area contributed by atoms with Crippen LogP contribution in [-0.2, 0) is 13.2 Å². The number of carbonyl (C=O) groups excluding carboxylic acids is 1. The normalized spacial score (nSPS) is 10.7. The highest BCUT2D eigenvalue weighted by Crippen LogP contribution is 2.22. The van der Waals surface area contributed by atoms with Crippen LogP contribution in [-0.4, -0.2) is 22.8 Å². The van der Waals surface area contributed by atoms with Gasteiger partial charge in [0.25, 0.3) is 5.91 Å². The molecule has 3 aromatic rings. The molecule has 0 saturated carbocycles. The first kappa shape index (κ1) is 17.2. The van der Waals surface area contributed by atoms with Crippen molar-refractivity contribution < 1.29 is 13.9 Å². The number of amides is 1. The molecule has 0 aliphatic heterocycles. The number of ether oxygens (including phenoxy) is 1. The Bertz CT molecular complexity index is 855. The summed E-state index contributed by atoms with van der Waals surface area (Å²) in [5, 5.41) is 2.84. The Hall–Kier alpha value is -2.60. The monoisotopic (exact) mass is 356 g/mol. The van der Waals surface area contributed by atoms with E-state index in [0.29, 0.717) is 18.9 Å². The number of nitrogens with zero attached hydrogens (tertiary/aromatic N) is 2. The summed E-state index contributed by atoms with van der Waals surface area (Å²) in [6.45, 7) is 4.97. The Labute approximate surface area is 150 Å². The summed E-state index contributed by atoms with van der Waals surface area (Å²) in [6, 6.07) is 9.37. The molecule has 0 unspecified atom stereocenters. The zero-order chi connectivity index (χ0) is 17.8. The van der Waals surface area contributed by atoms with Crippen molar-refractivity contribution in [3.8, 4) is 5.75 Å². The first-order valence-electron chi connectivity index (χ1n) is 7.96. The van der Waals surface area contributed by atoms with Gasteiger partial charge in [-0.1, -0.05) is 12.1 Å². The van der Waals surface area contributed by atoms with Crippen molar-refractivity contribution in [3.05, 3.63) is 69.6 Å². The summed E-state index contributed by atoms with van der Waals surface area (Å²) in [6.07, 6.45) is 1.49. The molecule has 2 aromatic heterocycles. The van der Waals surface area contributed by atoms with Crippen LogP contribution in [0.3, 0.4) is 0 Å². The molecule has 5 nitrogen and oxygen atoms in total. The highest BCUT2D eigenvalue weighted by atomic mass is 32.1. The second-order valence-corrected chi connectivity index (χ2v) is 6.80. The lowest BCUT2D eigenvalue weighted by Gasteiger charge is -2.13. The topological polar surface area (TPSA) is 55.6 Å². The predicted octanol–water partition coefficient (Wildman–Crippen LogP) is 4.20. The summed E-state index contributed by atoms with van der Waals surface area (Å²) in [7, 11) is 1.73. The zero-order valence-corrected chi connectivity index (χ0v) is 15.3. The maximum Gasteiger partial charge on any atom is 0.289 e. The summed E-state index contributed by atoms with van der Waals surface area (Å²) < 4.78 is 11.0. The Balaban J connectivity index is 1.59. The minimum absolute atomic E-state index is 0.161. The SMILES string of the molecule is Cc1cccc(OCc2nc(CN(C)C(=O)c3ccco3)cs2)c1C. The number of aryl methyl sites for hydroxylation is 1. The lowest BCUT2D eigenvalue weighted by atomic mass is 10.1. The number of rotatable bonds is 6. The van der Waals surface area contributed by atoms with Crippen LogP contribution in [0.15, 0.2) is 46.4 Å². The van der Waals surface area contributed by atoms with Crippen LogP contribution in [0.5, 0.6) is 5.75 Å². The molecule has 0 atom stereocenters. The average Bonchev–Trinajstić information content (AvgIpc) is 3.27. The van der Waals surface area contributed by atoms with Gasteiger partial charge in [-0.15, -0.1) is 11.3 Å². The van der Waals surface area contributed by atoms with Gasteiger partial charge >= 0.3 is 0 Å². The number of aromatic nitrogens is 1. The number of furan rings is 1. The van der Waals surface area contributed by atoms with E-state index in [1.807, 2.05) is 24.4 Å². The molecule has 130 valence electrons. The molecule has 0 aliphatic rings. The molecular weight excluding hydrogens is 336 g/mol. The van der Waals surface area contributed by atoms with E-state index in [1.165, 1.54) is 23.2 Å². The summed E-state index contributed by atoms with van der Waals surface area (Å²) in [5.74, 6) is 1.05. The summed E-state index contributed by atoms with van der Waals surface area (Å²) >= 11 is 1.53. The smallest absolute Gasteiger partial charge is 0.289 e. The van der Waals surface area contributed by atoms with Gasteiger partial charge in [-0.25, -0.2) is 4.98 Å². The third-order valence-electron chi connectivity index (χ3n) is 3.98. The number of carbonyl (C=O) groups is 1. The first-order valence-corrected chi connectivity index (χ1v) is 8.84. The van der Waals surface area contributed by atoms with Gasteiger partial charge in [0.1, 0.15) is 17.4 Å². The molecule has 3 rings (SSSR count). The van der Waals surface area contributed by atoms with E-state index in [-0.39, 0.29) is 5.91 Å². The number of thiazole rings is 1. The van der Waals surface area contributed by atoms with E-state index < -0.39 is 0 Å². The van der Waals surface area contributed by atoms with Crippen LogP contribution in [0.25, 0.3) is 0 Å². The van der Waals surface area contributed by atoms with Crippen molar-refractivity contribution >= 4 is 17.2 Å². The molecule has 0 N–H and O–H groups in total. The van der Waals surface area contributed by atoms with Crippen LogP contribution in [0.4, 0.5) is 0 Å². The Morgan fingerprint density at radius 3 is 2.88 bits per heavy atom. The standard InChI is InChI=1S/C19H20N2O3S/c1-13-6-4-7-16(14(13)2)24-11-18-20-15(12-25-18)10-21(3)19(22)17-8-5-9-23-17/h4-9,12H,10-11H2,1-3H3. The fourth-order valence-electron chi connectivity index (χ4n) is 2.41. The molecular formula is C19H20N2O3S. The minimum Gasteiger partial charge on any atom is -0.486 e. The fourth-order valence-corrected chi connectivity index (χ4v) is 3.11. The molecule has 6 heteroatoms. The van der Waals surface area contributed by atoms with Crippen LogP contribution in [0, 0.1) is 13.8 Å². The molecule has 0 bridgehead atoms. The molecule has 0 aliphatic carbocycles. The molecule has 25 heavy (non-hydrogen) atoms. The predicted molar refractivity (Wildman–Crippen MR) is 96.9 cm³/mol. The van der Waals surface area contributed by atoms with E-state index >= 15 is 0 Å². The van der Waals surface area contributed by atoms with Gasteiger partial charge in [-0.05, 0) is 43.2 Å². The Kier molecular flexibility index (Phi) is 5.19. The van der Waals surface area contributed by atoms with Crippen molar-refractivity contribution in [1.29, 1.82) is 0 Å². The maximum atomic E-state index is 12.2. The van der Waals surface area contributed by atoms with E-state index in [1.54, 1.807) is 24.1 Å². The fraction of sp³-hybridized carbons (Fsp3) is 0.263. The molecule has 1 aromatic carbocycles. The van der Waals surface area contributed by atoms with E-state index in [4.69, 9.17) is 9.15 Å². The number of benzene rings is 1. The molecule has 0 radical (unpaired) electrons. The lowest BCUT2D eigenvalue weighted by molar-refractivity contribution is 0.0752. The second-order valence-electron chi connectivity index (χ2n) is 5.86. The van der Waals surface area contributed by atoms with Crippen molar-refractivity contribution in [3.63, 3.8) is 0 Å². The minimum atomic E-state index is -0.161. The molecule has 0 fully saturated rings. The molecule has 0 saturated heterocycles. The van der Waals surface area contributed by atoms with Crippen molar-refractivity contribution in [2.45, 2.75) is 27.0 Å². The van der Waals surface area contributed by atoms with Crippen LogP contribution in [0.2, 0.25) is 0 Å². The van der Waals surface area contributed by atoms with Gasteiger partial charge in [0, 0.05) is 12.4 Å². The average molecular weight is 356 g/mol. The third-order valence-corrected chi connectivity index (χ3v) is 4.85. The summed E-state index contributed by atoms with van der Waals surface area (Å²) in [5.41, 5.74) is 3.19. The van der Waals surface area contributed by atoms with E-state index in [0.717, 1.165) is 22.0 Å². The number of hydrogen-bond donors (Lipinski definition) is 0. The van der Waals surface area contributed by atoms with Crippen molar-refractivity contribution in [2.24, 2.45) is 0 Å². The lowest BCUT2D eigenvalue weighted by Crippen LogP contribution is -2.25. The van der Waals surface area contributed by atoms with Crippen molar-refractivity contribution in [1.82, 2.24) is 9.88 Å². The molecule has 0 spiro atoms. The van der Waals surface area contributed by atoms with Crippen LogP contribution >= 0.6 is 11.3 Å². The van der Waals surface area contributed by atoms with E-state index in [2.05, 4.69) is 18.0 Å². The van der Waals surface area contributed by atoms with Crippen LogP contribution in [0.1, 0.15) is 32.4 Å². The highest BCUT2D eigenvalue weighted by molar-refractivity contribution is 7.09. The first-order chi connectivity index (χ1) is 12.0. The maximum absolute atomic E-state index is 12.2. The van der Waals surface area contributed by atoms with Gasteiger partial charge < -0.3 is 14.1 Å². The van der Waals surface area contributed by atoms with Crippen LogP contribution < -0.4 is 4.74 Å². The van der Waals surface area contributed by atoms with Gasteiger partial charge in [0.05, 0.1) is 18.5 Å². The van der Waals surface area contributed by atoms with Gasteiger partial charge in [0.2, 0.25) is 0 Å². The Morgan fingerprint density at radius 2 is 2.12 bits per heavy atom. The summed E-state index contributed by atoms with van der Waals surface area (Å²) in [4.78, 5) is 18.3. The largest absolute Gasteiger partial charge is 0.486 e. The molecule has 2 heterocycles. The number of hydrogen-bond acceptors (Lipinski definition) is 5. The third kappa shape index (κ3) is 4.09. The Morgan fingerprint density at radius 1 is 1.28 bits per heavy atom. The van der Waals surface area contributed by atoms with Crippen molar-refractivity contribution in [2.75, 3.05) is 7.05 Å². The quantitative estimate of drug-likeness (QED) is 0.664. The molecule has 1 amide bonds. The second kappa shape index (κ2) is 7.53. The van der Waals surface area contributed by atoms with Gasteiger partial charge in [-0.2, -0.15) is 0 Å². The van der Waals surface area contributed by atoms with Gasteiger partial charge in [0.15, 0.2) is 5.76 Å². The highest BCUT2D eigenvalue weighted by Gasteiger charge is 2.16. The zero-order valence-electron chi connectivity index (χ0n) is 14.5.